The SMILES string of the molecule is CCC(CC)Oc1ccc(F)cc1NC=O. The topological polar surface area (TPSA) is 38.3 Å². The highest BCUT2D eigenvalue weighted by Gasteiger charge is 2.10. The minimum Gasteiger partial charge on any atom is -0.488 e. The molecule has 0 saturated heterocycles. The molecule has 4 heteroatoms. The molecule has 0 aliphatic rings. The fourth-order valence-electron chi connectivity index (χ4n) is 1.42. The maximum atomic E-state index is 13.0. The van der Waals surface area contributed by atoms with Crippen molar-refractivity contribution in [2.24, 2.45) is 0 Å². The van der Waals surface area contributed by atoms with E-state index in [1.54, 1.807) is 0 Å². The summed E-state index contributed by atoms with van der Waals surface area (Å²) in [7, 11) is 0. The van der Waals surface area contributed by atoms with Gasteiger partial charge in [-0.15, -0.1) is 0 Å². The van der Waals surface area contributed by atoms with Gasteiger partial charge >= 0.3 is 0 Å². The molecule has 1 aromatic carbocycles. The van der Waals surface area contributed by atoms with Crippen LogP contribution in [0.3, 0.4) is 0 Å². The van der Waals surface area contributed by atoms with Crippen molar-refractivity contribution in [1.82, 2.24) is 0 Å². The van der Waals surface area contributed by atoms with Gasteiger partial charge in [-0.2, -0.15) is 0 Å². The first-order chi connectivity index (χ1) is 7.71. The highest BCUT2D eigenvalue weighted by molar-refractivity contribution is 5.75. The number of hydrogen-bond acceptors (Lipinski definition) is 2. The van der Waals surface area contributed by atoms with E-state index in [2.05, 4.69) is 5.32 Å². The molecule has 0 fully saturated rings. The predicted octanol–water partition coefficient (Wildman–Crippen LogP) is 2.96. The Bertz CT molecular complexity index is 351. The molecule has 16 heavy (non-hydrogen) atoms. The Balaban J connectivity index is 2.88. The van der Waals surface area contributed by atoms with Crippen LogP contribution in [0.2, 0.25) is 0 Å². The number of nitrogens with one attached hydrogen (secondary N) is 1. The third-order valence-corrected chi connectivity index (χ3v) is 2.36. The monoisotopic (exact) mass is 225 g/mol. The average molecular weight is 225 g/mol. The molecule has 0 aromatic heterocycles. The molecule has 3 nitrogen and oxygen atoms in total. The van der Waals surface area contributed by atoms with Crippen molar-refractivity contribution >= 4 is 12.1 Å². The van der Waals surface area contributed by atoms with Crippen LogP contribution >= 0.6 is 0 Å². The van der Waals surface area contributed by atoms with Crippen LogP contribution in [0.25, 0.3) is 0 Å². The van der Waals surface area contributed by atoms with Crippen LogP contribution in [0.5, 0.6) is 5.75 Å². The first-order valence-corrected chi connectivity index (χ1v) is 5.37. The van der Waals surface area contributed by atoms with Crippen molar-refractivity contribution in [2.45, 2.75) is 32.8 Å². The Hall–Kier alpha value is -1.58. The van der Waals surface area contributed by atoms with E-state index >= 15 is 0 Å². The minimum absolute atomic E-state index is 0.0812. The Morgan fingerprint density at radius 3 is 2.69 bits per heavy atom. The molecule has 1 aromatic rings. The van der Waals surface area contributed by atoms with E-state index in [-0.39, 0.29) is 6.10 Å². The summed E-state index contributed by atoms with van der Waals surface area (Å²) in [6.07, 6.45) is 2.33. The first-order valence-electron chi connectivity index (χ1n) is 5.37. The van der Waals surface area contributed by atoms with E-state index in [4.69, 9.17) is 4.74 Å². The van der Waals surface area contributed by atoms with Gasteiger partial charge in [0.15, 0.2) is 0 Å². The summed E-state index contributed by atoms with van der Waals surface area (Å²) in [4.78, 5) is 10.4. The molecule has 0 heterocycles. The molecule has 0 aliphatic heterocycles. The van der Waals surface area contributed by atoms with Gasteiger partial charge in [0, 0.05) is 6.07 Å². The molecule has 1 rings (SSSR count). The van der Waals surface area contributed by atoms with Crippen molar-refractivity contribution in [3.05, 3.63) is 24.0 Å². The maximum Gasteiger partial charge on any atom is 0.211 e. The lowest BCUT2D eigenvalue weighted by atomic mass is 10.2. The zero-order valence-corrected chi connectivity index (χ0v) is 9.50. The molecule has 0 atom stereocenters. The van der Waals surface area contributed by atoms with Gasteiger partial charge in [0.25, 0.3) is 0 Å². The van der Waals surface area contributed by atoms with Crippen molar-refractivity contribution in [1.29, 1.82) is 0 Å². The third-order valence-electron chi connectivity index (χ3n) is 2.36. The number of amides is 1. The second-order valence-corrected chi connectivity index (χ2v) is 3.46. The van der Waals surface area contributed by atoms with Crippen LogP contribution in [0.4, 0.5) is 10.1 Å². The highest BCUT2D eigenvalue weighted by Crippen LogP contribution is 2.26. The number of halogens is 1. The Morgan fingerprint density at radius 2 is 2.12 bits per heavy atom. The summed E-state index contributed by atoms with van der Waals surface area (Å²) in [5.41, 5.74) is 0.363. The van der Waals surface area contributed by atoms with E-state index in [0.29, 0.717) is 17.8 Å². The summed E-state index contributed by atoms with van der Waals surface area (Å²) >= 11 is 0. The molecule has 0 spiro atoms. The van der Waals surface area contributed by atoms with Crippen LogP contribution in [0, 0.1) is 5.82 Å². The summed E-state index contributed by atoms with van der Waals surface area (Å²) in [5.74, 6) is 0.100. The number of anilines is 1. The van der Waals surface area contributed by atoms with Gasteiger partial charge in [-0.3, -0.25) is 4.79 Å². The second kappa shape index (κ2) is 6.10. The molecule has 0 unspecified atom stereocenters. The maximum absolute atomic E-state index is 13.0. The van der Waals surface area contributed by atoms with E-state index in [9.17, 15) is 9.18 Å². The van der Waals surface area contributed by atoms with Crippen LogP contribution in [-0.4, -0.2) is 12.5 Å². The lowest BCUT2D eigenvalue weighted by molar-refractivity contribution is -0.105. The quantitative estimate of drug-likeness (QED) is 0.756. The van der Waals surface area contributed by atoms with Crippen LogP contribution in [0.15, 0.2) is 18.2 Å². The molecule has 0 radical (unpaired) electrons. The molecule has 0 saturated carbocycles. The fourth-order valence-corrected chi connectivity index (χ4v) is 1.42. The fraction of sp³-hybridized carbons (Fsp3) is 0.417. The number of carbonyl (C=O) groups excluding carboxylic acids is 1. The van der Waals surface area contributed by atoms with Crippen LogP contribution in [-0.2, 0) is 4.79 Å². The third kappa shape index (κ3) is 3.22. The molecular weight excluding hydrogens is 209 g/mol. The highest BCUT2D eigenvalue weighted by atomic mass is 19.1. The summed E-state index contributed by atoms with van der Waals surface area (Å²) in [6, 6.07) is 4.08. The van der Waals surface area contributed by atoms with Gasteiger partial charge in [-0.1, -0.05) is 13.8 Å². The summed E-state index contributed by atoms with van der Waals surface area (Å²) < 4.78 is 18.6. The number of ether oxygens (including phenoxy) is 1. The minimum atomic E-state index is -0.402. The molecule has 88 valence electrons. The van der Waals surface area contributed by atoms with Crippen LogP contribution < -0.4 is 10.1 Å². The number of benzene rings is 1. The van der Waals surface area contributed by atoms with E-state index < -0.39 is 5.82 Å². The van der Waals surface area contributed by atoms with Crippen molar-refractivity contribution in [2.75, 3.05) is 5.32 Å². The number of carbonyl (C=O) groups is 1. The van der Waals surface area contributed by atoms with Gasteiger partial charge in [-0.25, -0.2) is 4.39 Å². The van der Waals surface area contributed by atoms with Crippen LogP contribution in [0.1, 0.15) is 26.7 Å². The number of rotatable bonds is 6. The lowest BCUT2D eigenvalue weighted by Gasteiger charge is -2.17. The van der Waals surface area contributed by atoms with Gasteiger partial charge in [0.1, 0.15) is 11.6 Å². The first kappa shape index (κ1) is 12.5. The molecule has 0 aliphatic carbocycles. The van der Waals surface area contributed by atoms with Crippen molar-refractivity contribution in [3.8, 4) is 5.75 Å². The Labute approximate surface area is 94.6 Å². The molecular formula is C12H16FNO2. The average Bonchev–Trinajstić information content (AvgIpc) is 2.29. The Morgan fingerprint density at radius 1 is 1.44 bits per heavy atom. The predicted molar refractivity (Wildman–Crippen MR) is 61.1 cm³/mol. The van der Waals surface area contributed by atoms with E-state index in [0.717, 1.165) is 12.8 Å². The van der Waals surface area contributed by atoms with Gasteiger partial charge in [-0.05, 0) is 25.0 Å². The summed E-state index contributed by atoms with van der Waals surface area (Å²) in [6.45, 7) is 4.04. The lowest BCUT2D eigenvalue weighted by Crippen LogP contribution is -2.14. The van der Waals surface area contributed by atoms with Gasteiger partial charge in [0.05, 0.1) is 11.8 Å². The normalized spacial score (nSPS) is 10.2. The van der Waals surface area contributed by atoms with E-state index in [1.165, 1.54) is 18.2 Å². The standard InChI is InChI=1S/C12H16FNO2/c1-3-10(4-2)16-12-6-5-9(13)7-11(12)14-8-15/h5-8,10H,3-4H2,1-2H3,(H,14,15). The van der Waals surface area contributed by atoms with Gasteiger partial charge < -0.3 is 10.1 Å². The number of hydrogen-bond donors (Lipinski definition) is 1. The zero-order valence-electron chi connectivity index (χ0n) is 9.50. The van der Waals surface area contributed by atoms with Crippen molar-refractivity contribution < 1.29 is 13.9 Å². The van der Waals surface area contributed by atoms with E-state index in [1.807, 2.05) is 13.8 Å². The molecule has 0 bridgehead atoms. The molecule has 1 N–H and O–H groups in total. The smallest absolute Gasteiger partial charge is 0.211 e. The zero-order chi connectivity index (χ0) is 12.0. The largest absolute Gasteiger partial charge is 0.488 e. The van der Waals surface area contributed by atoms with Crippen molar-refractivity contribution in [3.63, 3.8) is 0 Å². The summed E-state index contributed by atoms with van der Waals surface area (Å²) in [5, 5.41) is 2.42. The second-order valence-electron chi connectivity index (χ2n) is 3.46. The van der Waals surface area contributed by atoms with Gasteiger partial charge in [0.2, 0.25) is 6.41 Å². The molecule has 1 amide bonds. The Kier molecular flexibility index (Phi) is 4.76.